The van der Waals surface area contributed by atoms with E-state index in [4.69, 9.17) is 12.3 Å². The second-order valence-electron chi connectivity index (χ2n) is 6.08. The summed E-state index contributed by atoms with van der Waals surface area (Å²) in [7, 11) is 0. The van der Waals surface area contributed by atoms with Gasteiger partial charge in [-0.25, -0.2) is 0 Å². The third-order valence-electron chi connectivity index (χ3n) is 4.59. The van der Waals surface area contributed by atoms with Crippen molar-refractivity contribution in [2.75, 3.05) is 0 Å². The van der Waals surface area contributed by atoms with Crippen LogP contribution in [-0.4, -0.2) is 15.5 Å². The van der Waals surface area contributed by atoms with Crippen molar-refractivity contribution in [2.45, 2.75) is 32.5 Å². The van der Waals surface area contributed by atoms with Crippen LogP contribution in [0.5, 0.6) is 5.88 Å². The first-order valence-corrected chi connectivity index (χ1v) is 8.44. The molecular weight excluding hydrogens is 334 g/mol. The van der Waals surface area contributed by atoms with E-state index in [0.717, 1.165) is 9.95 Å². The quantitative estimate of drug-likeness (QED) is 0.430. The first-order valence-electron chi connectivity index (χ1n) is 12.9. The van der Waals surface area contributed by atoms with Gasteiger partial charge in [-0.15, -0.1) is 0 Å². The Bertz CT molecular complexity index is 1470. The summed E-state index contributed by atoms with van der Waals surface area (Å²) in [4.78, 5) is 13.7. The van der Waals surface area contributed by atoms with Crippen molar-refractivity contribution in [3.8, 4) is 5.88 Å². The van der Waals surface area contributed by atoms with Gasteiger partial charge < -0.3 is 9.67 Å². The molecule has 0 unspecified atom stereocenters. The van der Waals surface area contributed by atoms with Crippen molar-refractivity contribution >= 4 is 27.5 Å². The summed E-state index contributed by atoms with van der Waals surface area (Å²) in [6.07, 6.45) is -10.1. The summed E-state index contributed by atoms with van der Waals surface area (Å²) >= 11 is 0. The van der Waals surface area contributed by atoms with E-state index in [1.165, 1.54) is 6.07 Å². The minimum atomic E-state index is -3.54. The maximum atomic E-state index is 13.7. The van der Waals surface area contributed by atoms with Gasteiger partial charge in [0.25, 0.3) is 0 Å². The highest BCUT2D eigenvalue weighted by Crippen LogP contribution is 2.34. The Morgan fingerprint density at radius 2 is 1.74 bits per heavy atom. The van der Waals surface area contributed by atoms with E-state index < -0.39 is 44.2 Å². The summed E-state index contributed by atoms with van der Waals surface area (Å²) in [5.41, 5.74) is 0.410. The molecule has 0 saturated heterocycles. The van der Waals surface area contributed by atoms with E-state index in [1.807, 2.05) is 18.2 Å². The van der Waals surface area contributed by atoms with Gasteiger partial charge in [-0.1, -0.05) is 80.3 Å². The molecule has 0 amide bonds. The van der Waals surface area contributed by atoms with Crippen LogP contribution in [0.2, 0.25) is 0 Å². The van der Waals surface area contributed by atoms with Crippen LogP contribution in [-0.2, 0) is 6.54 Å². The molecule has 0 atom stereocenters. The molecule has 4 aromatic rings. The molecule has 4 rings (SSSR count). The fourth-order valence-electron chi connectivity index (χ4n) is 3.39. The number of nitrogens with zero attached hydrogens (tertiary/aromatic N) is 1. The maximum Gasteiger partial charge on any atom is 0.203 e. The standard InChI is InChI=1S/C24H23NO2/c1-2-3-8-16-25-21-15-7-6-13-20(21)22(24(25)27)23(26)19-14-9-11-17-10-4-5-12-18(17)19/h4-7,9-15,27H,2-3,8,16H2,1H3/i1D3,2D2,3D2,8D2. The van der Waals surface area contributed by atoms with Crippen molar-refractivity contribution in [3.63, 3.8) is 0 Å². The zero-order valence-electron chi connectivity index (χ0n) is 23.4. The van der Waals surface area contributed by atoms with Crippen LogP contribution >= 0.6 is 0 Å². The number of para-hydroxylation sites is 1. The third-order valence-corrected chi connectivity index (χ3v) is 4.59. The van der Waals surface area contributed by atoms with Gasteiger partial charge in [0.05, 0.1) is 11.1 Å². The van der Waals surface area contributed by atoms with Crippen molar-refractivity contribution < 1.29 is 22.2 Å². The molecular formula is C24H23NO2. The fraction of sp³-hybridized carbons (Fsp3) is 0.208. The number of carbonyl (C=O) groups excluding carboxylic acids is 1. The Hall–Kier alpha value is -3.07. The number of benzene rings is 3. The van der Waals surface area contributed by atoms with Crippen LogP contribution in [0.25, 0.3) is 21.7 Å². The SMILES string of the molecule is [2H]C([2H])([2H])C([2H])([2H])C([2H])([2H])C([2H])([2H])Cn1c(O)c(C(=O)c2cccc3ccccc23)c2ccccc21. The number of aromatic nitrogens is 1. The molecule has 0 fully saturated rings. The van der Waals surface area contributed by atoms with Gasteiger partial charge in [-0.05, 0) is 23.2 Å². The van der Waals surface area contributed by atoms with Gasteiger partial charge in [-0.2, -0.15) is 0 Å². The number of hydrogen-bond acceptors (Lipinski definition) is 2. The van der Waals surface area contributed by atoms with Gasteiger partial charge in [0.15, 0.2) is 5.78 Å². The number of rotatable bonds is 6. The Labute approximate surface area is 171 Å². The van der Waals surface area contributed by atoms with Crippen molar-refractivity contribution in [2.24, 2.45) is 0 Å². The third kappa shape index (κ3) is 2.99. The van der Waals surface area contributed by atoms with E-state index in [1.54, 1.807) is 42.5 Å². The van der Waals surface area contributed by atoms with Crippen LogP contribution in [0.1, 0.15) is 54.2 Å². The lowest BCUT2D eigenvalue weighted by Gasteiger charge is -2.08. The maximum absolute atomic E-state index is 13.7. The Morgan fingerprint density at radius 3 is 2.59 bits per heavy atom. The monoisotopic (exact) mass is 366 g/mol. The van der Waals surface area contributed by atoms with Crippen LogP contribution in [0.4, 0.5) is 0 Å². The number of ketones is 1. The number of hydrogen-bond donors (Lipinski definition) is 1. The Kier molecular flexibility index (Phi) is 2.63. The topological polar surface area (TPSA) is 42.2 Å². The molecule has 3 heteroatoms. The lowest BCUT2D eigenvalue weighted by molar-refractivity contribution is 0.103. The minimum absolute atomic E-state index is 0.114. The first-order chi connectivity index (χ1) is 16.6. The average molecular weight is 367 g/mol. The molecule has 1 heterocycles. The van der Waals surface area contributed by atoms with E-state index in [9.17, 15) is 9.90 Å². The van der Waals surface area contributed by atoms with Gasteiger partial charge in [0, 0.05) is 29.8 Å². The van der Waals surface area contributed by atoms with Gasteiger partial charge in [0.2, 0.25) is 5.88 Å². The number of aryl methyl sites for hydroxylation is 1. The van der Waals surface area contributed by atoms with Crippen molar-refractivity contribution in [3.05, 3.63) is 77.9 Å². The summed E-state index contributed by atoms with van der Waals surface area (Å²) in [6.45, 7) is -4.38. The molecule has 3 nitrogen and oxygen atoms in total. The summed E-state index contributed by atoms with van der Waals surface area (Å²) in [5.74, 6) is -1.15. The lowest BCUT2D eigenvalue weighted by atomic mass is 9.97. The van der Waals surface area contributed by atoms with Crippen LogP contribution in [0.15, 0.2) is 66.7 Å². The van der Waals surface area contributed by atoms with Crippen LogP contribution < -0.4 is 0 Å². The Morgan fingerprint density at radius 1 is 1.00 bits per heavy atom. The predicted octanol–water partition coefficient (Wildman–Crippen LogP) is 5.92. The largest absolute Gasteiger partial charge is 0.494 e. The molecule has 0 bridgehead atoms. The smallest absolute Gasteiger partial charge is 0.203 e. The number of fused-ring (bicyclic) bond motifs is 2. The molecule has 0 aliphatic rings. The molecule has 0 aliphatic heterocycles. The molecule has 27 heavy (non-hydrogen) atoms. The summed E-state index contributed by atoms with van der Waals surface area (Å²) in [5, 5.41) is 12.9. The van der Waals surface area contributed by atoms with E-state index in [-0.39, 0.29) is 11.1 Å². The predicted molar refractivity (Wildman–Crippen MR) is 111 cm³/mol. The van der Waals surface area contributed by atoms with Crippen molar-refractivity contribution in [1.82, 2.24) is 4.57 Å². The highest BCUT2D eigenvalue weighted by Gasteiger charge is 2.24. The molecule has 0 radical (unpaired) electrons. The number of carbonyl (C=O) groups is 1. The zero-order valence-corrected chi connectivity index (χ0v) is 14.4. The normalized spacial score (nSPS) is 18.3. The fourth-order valence-corrected chi connectivity index (χ4v) is 3.39. The molecule has 3 aromatic carbocycles. The lowest BCUT2D eigenvalue weighted by Crippen LogP contribution is -2.03. The highest BCUT2D eigenvalue weighted by atomic mass is 16.3. The molecule has 0 spiro atoms. The second kappa shape index (κ2) is 7.28. The second-order valence-corrected chi connectivity index (χ2v) is 6.08. The van der Waals surface area contributed by atoms with Gasteiger partial charge in [0.1, 0.15) is 0 Å². The minimum Gasteiger partial charge on any atom is -0.494 e. The van der Waals surface area contributed by atoms with Gasteiger partial charge in [-0.3, -0.25) is 4.79 Å². The average Bonchev–Trinajstić information content (AvgIpc) is 3.08. The van der Waals surface area contributed by atoms with Crippen LogP contribution in [0, 0.1) is 0 Å². The molecule has 0 aliphatic carbocycles. The molecule has 0 saturated carbocycles. The van der Waals surface area contributed by atoms with Crippen LogP contribution in [0.3, 0.4) is 0 Å². The first kappa shape index (κ1) is 9.75. The van der Waals surface area contributed by atoms with E-state index in [2.05, 4.69) is 0 Å². The zero-order chi connectivity index (χ0) is 26.7. The molecule has 1 N–H and O–H groups in total. The number of aromatic hydroxyl groups is 1. The summed E-state index contributed by atoms with van der Waals surface area (Å²) < 4.78 is 71.8. The summed E-state index contributed by atoms with van der Waals surface area (Å²) in [6, 6.07) is 18.7. The van der Waals surface area contributed by atoms with E-state index >= 15 is 0 Å². The van der Waals surface area contributed by atoms with Crippen molar-refractivity contribution in [1.29, 1.82) is 0 Å². The molecule has 1 aromatic heterocycles. The molecule has 136 valence electrons. The Balaban J connectivity index is 1.87. The van der Waals surface area contributed by atoms with Gasteiger partial charge >= 0.3 is 0 Å². The highest BCUT2D eigenvalue weighted by molar-refractivity contribution is 6.22. The van der Waals surface area contributed by atoms with E-state index in [0.29, 0.717) is 16.3 Å².